The molecule has 118 valence electrons. The van der Waals surface area contributed by atoms with Crippen LogP contribution < -0.4 is 5.32 Å². The van der Waals surface area contributed by atoms with E-state index < -0.39 is 0 Å². The van der Waals surface area contributed by atoms with Crippen molar-refractivity contribution in [3.63, 3.8) is 0 Å². The average molecular weight is 343 g/mol. The van der Waals surface area contributed by atoms with Gasteiger partial charge in [0.1, 0.15) is 0 Å². The zero-order valence-corrected chi connectivity index (χ0v) is 14.8. The van der Waals surface area contributed by atoms with Crippen LogP contribution in [0.5, 0.6) is 0 Å². The minimum absolute atomic E-state index is 0.0194. The van der Waals surface area contributed by atoms with E-state index in [1.807, 2.05) is 50.4 Å². The molecular formula is C17H17N3OS2. The Morgan fingerprint density at radius 2 is 1.83 bits per heavy atom. The molecule has 0 saturated heterocycles. The Morgan fingerprint density at radius 1 is 1.09 bits per heavy atom. The second kappa shape index (κ2) is 6.60. The van der Waals surface area contributed by atoms with Crippen molar-refractivity contribution in [1.82, 2.24) is 9.97 Å². The van der Waals surface area contributed by atoms with Crippen LogP contribution in [0.15, 0.2) is 29.6 Å². The van der Waals surface area contributed by atoms with Crippen molar-refractivity contribution in [3.05, 3.63) is 50.2 Å². The average Bonchev–Trinajstić information content (AvgIpc) is 3.06. The van der Waals surface area contributed by atoms with Crippen molar-refractivity contribution < 1.29 is 4.79 Å². The van der Waals surface area contributed by atoms with Gasteiger partial charge in [0.05, 0.1) is 27.8 Å². The molecule has 1 N–H and O–H groups in total. The van der Waals surface area contributed by atoms with E-state index in [1.54, 1.807) is 22.7 Å². The third-order valence-corrected chi connectivity index (χ3v) is 5.25. The number of amides is 1. The fraction of sp³-hybridized carbons (Fsp3) is 0.235. The van der Waals surface area contributed by atoms with Crippen molar-refractivity contribution in [2.24, 2.45) is 0 Å². The highest BCUT2D eigenvalue weighted by atomic mass is 32.1. The molecule has 6 heteroatoms. The number of thiazole rings is 2. The number of anilines is 1. The van der Waals surface area contributed by atoms with Crippen LogP contribution in [-0.2, 0) is 11.2 Å². The predicted octanol–water partition coefficient (Wildman–Crippen LogP) is 4.37. The maximum absolute atomic E-state index is 12.2. The minimum atomic E-state index is -0.0194. The van der Waals surface area contributed by atoms with Crippen LogP contribution in [0.2, 0.25) is 0 Å². The van der Waals surface area contributed by atoms with E-state index in [0.717, 1.165) is 37.5 Å². The Hall–Kier alpha value is -2.05. The van der Waals surface area contributed by atoms with Crippen molar-refractivity contribution >= 4 is 34.3 Å². The van der Waals surface area contributed by atoms with E-state index in [9.17, 15) is 4.79 Å². The van der Waals surface area contributed by atoms with E-state index >= 15 is 0 Å². The Bertz CT molecular complexity index is 834. The molecule has 1 amide bonds. The summed E-state index contributed by atoms with van der Waals surface area (Å²) in [6.07, 6.45) is 0.365. The van der Waals surface area contributed by atoms with E-state index in [0.29, 0.717) is 6.42 Å². The molecule has 0 unspecified atom stereocenters. The molecule has 3 rings (SSSR count). The van der Waals surface area contributed by atoms with Crippen LogP contribution >= 0.6 is 22.7 Å². The molecule has 1 aromatic carbocycles. The lowest BCUT2D eigenvalue weighted by molar-refractivity contribution is -0.115. The Morgan fingerprint density at radius 3 is 2.39 bits per heavy atom. The van der Waals surface area contributed by atoms with E-state index in [2.05, 4.69) is 15.3 Å². The van der Waals surface area contributed by atoms with Gasteiger partial charge >= 0.3 is 0 Å². The number of hydrogen-bond donors (Lipinski definition) is 1. The molecule has 0 saturated carbocycles. The topological polar surface area (TPSA) is 54.9 Å². The SMILES string of the molecule is Cc1nc(-c2ccc(NC(=O)Cc3sc(C)nc3C)cc2)cs1. The second-order valence-corrected chi connectivity index (χ2v) is 7.65. The quantitative estimate of drug-likeness (QED) is 0.765. The molecule has 23 heavy (non-hydrogen) atoms. The van der Waals surface area contributed by atoms with Gasteiger partial charge in [0.25, 0.3) is 0 Å². The highest BCUT2D eigenvalue weighted by Crippen LogP contribution is 2.23. The molecule has 0 radical (unpaired) electrons. The molecule has 0 fully saturated rings. The highest BCUT2D eigenvalue weighted by molar-refractivity contribution is 7.11. The van der Waals surface area contributed by atoms with Gasteiger partial charge in [-0.3, -0.25) is 4.79 Å². The van der Waals surface area contributed by atoms with E-state index in [-0.39, 0.29) is 5.91 Å². The maximum Gasteiger partial charge on any atom is 0.229 e. The zero-order valence-electron chi connectivity index (χ0n) is 13.2. The fourth-order valence-corrected chi connectivity index (χ4v) is 3.87. The molecular weight excluding hydrogens is 326 g/mol. The monoisotopic (exact) mass is 343 g/mol. The first-order chi connectivity index (χ1) is 11.0. The number of nitrogens with zero attached hydrogens (tertiary/aromatic N) is 2. The van der Waals surface area contributed by atoms with E-state index in [4.69, 9.17) is 0 Å². The summed E-state index contributed by atoms with van der Waals surface area (Å²) < 4.78 is 0. The second-order valence-electron chi connectivity index (χ2n) is 5.30. The zero-order chi connectivity index (χ0) is 16.4. The first kappa shape index (κ1) is 15.8. The maximum atomic E-state index is 12.2. The lowest BCUT2D eigenvalue weighted by Crippen LogP contribution is -2.14. The van der Waals surface area contributed by atoms with Gasteiger partial charge < -0.3 is 5.32 Å². The number of hydrogen-bond acceptors (Lipinski definition) is 5. The van der Waals surface area contributed by atoms with Crippen molar-refractivity contribution in [3.8, 4) is 11.3 Å². The van der Waals surface area contributed by atoms with E-state index in [1.165, 1.54) is 0 Å². The van der Waals surface area contributed by atoms with Gasteiger partial charge in [0.15, 0.2) is 0 Å². The van der Waals surface area contributed by atoms with Crippen molar-refractivity contribution in [1.29, 1.82) is 0 Å². The van der Waals surface area contributed by atoms with Gasteiger partial charge in [0.2, 0.25) is 5.91 Å². The summed E-state index contributed by atoms with van der Waals surface area (Å²) >= 11 is 3.21. The number of aromatic nitrogens is 2. The van der Waals surface area contributed by atoms with Gasteiger partial charge in [-0.2, -0.15) is 0 Å². The molecule has 2 aromatic heterocycles. The van der Waals surface area contributed by atoms with Gasteiger partial charge in [0, 0.05) is 21.5 Å². The summed E-state index contributed by atoms with van der Waals surface area (Å²) in [7, 11) is 0. The molecule has 2 heterocycles. The number of rotatable bonds is 4. The van der Waals surface area contributed by atoms with Crippen LogP contribution in [0.4, 0.5) is 5.69 Å². The third-order valence-electron chi connectivity index (χ3n) is 3.40. The van der Waals surface area contributed by atoms with Crippen molar-refractivity contribution in [2.75, 3.05) is 5.32 Å². The number of nitrogens with one attached hydrogen (secondary N) is 1. The standard InChI is InChI=1S/C17H17N3OS2/c1-10-16(23-12(3)18-10)8-17(21)20-14-6-4-13(5-7-14)15-9-22-11(2)19-15/h4-7,9H,8H2,1-3H3,(H,20,21). The van der Waals surface area contributed by atoms with Gasteiger partial charge in [-0.15, -0.1) is 22.7 Å². The number of carbonyl (C=O) groups excluding carboxylic acids is 1. The summed E-state index contributed by atoms with van der Waals surface area (Å²) in [5.74, 6) is -0.0194. The Labute approximate surface area is 143 Å². The largest absolute Gasteiger partial charge is 0.326 e. The molecule has 0 aliphatic rings. The van der Waals surface area contributed by atoms with Gasteiger partial charge in [-0.1, -0.05) is 12.1 Å². The van der Waals surface area contributed by atoms with Crippen molar-refractivity contribution in [2.45, 2.75) is 27.2 Å². The summed E-state index contributed by atoms with van der Waals surface area (Å²) in [5, 5.41) is 7.01. The normalized spacial score (nSPS) is 10.7. The first-order valence-electron chi connectivity index (χ1n) is 7.26. The highest BCUT2D eigenvalue weighted by Gasteiger charge is 2.10. The first-order valence-corrected chi connectivity index (χ1v) is 8.96. The van der Waals surface area contributed by atoms with Crippen LogP contribution in [0.1, 0.15) is 20.6 Å². The Balaban J connectivity index is 1.66. The summed E-state index contributed by atoms with van der Waals surface area (Å²) in [6, 6.07) is 7.78. The lowest BCUT2D eigenvalue weighted by Gasteiger charge is -2.05. The molecule has 4 nitrogen and oxygen atoms in total. The summed E-state index contributed by atoms with van der Waals surface area (Å²) in [6.45, 7) is 5.89. The smallest absolute Gasteiger partial charge is 0.229 e. The summed E-state index contributed by atoms with van der Waals surface area (Å²) in [5.41, 5.74) is 3.77. The molecule has 0 atom stereocenters. The van der Waals surface area contributed by atoms with Crippen LogP contribution in [0, 0.1) is 20.8 Å². The molecule has 0 bridgehead atoms. The molecule has 0 aliphatic heterocycles. The fourth-order valence-electron chi connectivity index (χ4n) is 2.31. The lowest BCUT2D eigenvalue weighted by atomic mass is 10.1. The number of aryl methyl sites for hydroxylation is 3. The number of carbonyl (C=O) groups is 1. The van der Waals surface area contributed by atoms with Gasteiger partial charge in [-0.25, -0.2) is 9.97 Å². The van der Waals surface area contributed by atoms with Crippen LogP contribution in [0.3, 0.4) is 0 Å². The predicted molar refractivity (Wildman–Crippen MR) is 96.2 cm³/mol. The molecule has 3 aromatic rings. The molecule has 0 spiro atoms. The Kier molecular flexibility index (Phi) is 4.54. The third kappa shape index (κ3) is 3.83. The van der Waals surface area contributed by atoms with Gasteiger partial charge in [-0.05, 0) is 32.9 Å². The van der Waals surface area contributed by atoms with Crippen LogP contribution in [0.25, 0.3) is 11.3 Å². The molecule has 0 aliphatic carbocycles. The number of benzene rings is 1. The summed E-state index contributed by atoms with van der Waals surface area (Å²) in [4.78, 5) is 22.0. The van der Waals surface area contributed by atoms with Crippen LogP contribution in [-0.4, -0.2) is 15.9 Å². The minimum Gasteiger partial charge on any atom is -0.326 e.